The Bertz CT molecular complexity index is 526. The van der Waals surface area contributed by atoms with Gasteiger partial charge in [0.2, 0.25) is 5.82 Å². The molecule has 0 aliphatic rings. The summed E-state index contributed by atoms with van der Waals surface area (Å²) >= 11 is 0. The van der Waals surface area contributed by atoms with Crippen molar-refractivity contribution in [3.63, 3.8) is 0 Å². The molecule has 8 nitrogen and oxygen atoms in total. The average molecular weight is 298 g/mol. The minimum absolute atomic E-state index is 0.0825. The van der Waals surface area contributed by atoms with E-state index in [1.54, 1.807) is 7.05 Å². The first-order valence-corrected chi connectivity index (χ1v) is 7.02. The van der Waals surface area contributed by atoms with Gasteiger partial charge in [-0.3, -0.25) is 14.9 Å². The van der Waals surface area contributed by atoms with E-state index >= 15 is 0 Å². The smallest absolute Gasteiger partial charge is 0.334 e. The van der Waals surface area contributed by atoms with Gasteiger partial charge in [0.15, 0.2) is 0 Å². The molecule has 0 radical (unpaired) electrons. The molecule has 0 amide bonds. The van der Waals surface area contributed by atoms with E-state index in [1.165, 1.54) is 9.58 Å². The van der Waals surface area contributed by atoms with Gasteiger partial charge in [-0.15, -0.1) is 0 Å². The Hall–Kier alpha value is -2.12. The number of carboxylic acids is 1. The van der Waals surface area contributed by atoms with Gasteiger partial charge in [-0.05, 0) is 19.8 Å². The molecule has 0 aliphatic carbocycles. The van der Waals surface area contributed by atoms with Crippen molar-refractivity contribution in [3.8, 4) is 0 Å². The summed E-state index contributed by atoms with van der Waals surface area (Å²) in [5.74, 6) is -0.761. The summed E-state index contributed by atoms with van der Waals surface area (Å²) in [6, 6.07) is -0.135. The molecule has 1 aromatic rings. The number of aliphatic carboxylic acids is 1. The lowest BCUT2D eigenvalue weighted by Gasteiger charge is -2.27. The molecular weight excluding hydrogens is 276 g/mol. The average Bonchev–Trinajstić information content (AvgIpc) is 2.72. The van der Waals surface area contributed by atoms with Crippen LogP contribution in [0.2, 0.25) is 0 Å². The number of hydrogen-bond acceptors (Lipinski definition) is 5. The molecule has 8 heteroatoms. The molecular formula is C13H22N4O4. The predicted molar refractivity (Wildman–Crippen MR) is 78.6 cm³/mol. The topological polar surface area (TPSA) is 102 Å². The van der Waals surface area contributed by atoms with Crippen LogP contribution in [0.1, 0.15) is 39.3 Å². The molecule has 0 fully saturated rings. The van der Waals surface area contributed by atoms with Crippen LogP contribution in [0.4, 0.5) is 11.5 Å². The van der Waals surface area contributed by atoms with Gasteiger partial charge in [-0.1, -0.05) is 20.3 Å². The highest BCUT2D eigenvalue weighted by molar-refractivity contribution is 5.75. The predicted octanol–water partition coefficient (Wildman–Crippen LogP) is 1.97. The van der Waals surface area contributed by atoms with E-state index in [0.29, 0.717) is 18.5 Å². The highest BCUT2D eigenvalue weighted by Gasteiger charge is 2.32. The molecule has 0 spiro atoms. The maximum atomic E-state index is 11.4. The first-order valence-electron chi connectivity index (χ1n) is 7.02. The summed E-state index contributed by atoms with van der Waals surface area (Å²) in [4.78, 5) is 23.6. The number of aryl methyl sites for hydroxylation is 2. The van der Waals surface area contributed by atoms with Gasteiger partial charge in [0.05, 0.1) is 4.92 Å². The van der Waals surface area contributed by atoms with Crippen LogP contribution in [0.15, 0.2) is 0 Å². The molecule has 0 bridgehead atoms. The van der Waals surface area contributed by atoms with Gasteiger partial charge in [0.25, 0.3) is 0 Å². The van der Waals surface area contributed by atoms with E-state index in [9.17, 15) is 14.9 Å². The molecule has 1 N–H and O–H groups in total. The number of carboxylic acid groups (broad SMARTS) is 1. The minimum Gasteiger partial charge on any atom is -0.480 e. The number of nitro groups is 1. The Morgan fingerprint density at radius 1 is 1.52 bits per heavy atom. The van der Waals surface area contributed by atoms with Crippen LogP contribution in [0, 0.1) is 10.1 Å². The van der Waals surface area contributed by atoms with Crippen molar-refractivity contribution in [3.05, 3.63) is 15.8 Å². The Labute approximate surface area is 123 Å². The maximum Gasteiger partial charge on any atom is 0.334 e. The molecule has 1 unspecified atom stereocenters. The molecule has 1 rings (SSSR count). The molecule has 0 aromatic carbocycles. The molecule has 1 aromatic heterocycles. The standard InChI is InChI=1S/C13H22N4O4/c1-5-7-10-12(17(20)21)13(15(4)14-10)16(8-11(18)19)9(3)6-2/h9H,5-8H2,1-4H3,(H,18,19). The van der Waals surface area contributed by atoms with Gasteiger partial charge < -0.3 is 10.0 Å². The van der Waals surface area contributed by atoms with Gasteiger partial charge in [0.1, 0.15) is 12.2 Å². The van der Waals surface area contributed by atoms with E-state index < -0.39 is 10.9 Å². The van der Waals surface area contributed by atoms with Gasteiger partial charge in [-0.25, -0.2) is 4.68 Å². The first-order chi connectivity index (χ1) is 9.83. The molecule has 21 heavy (non-hydrogen) atoms. The van der Waals surface area contributed by atoms with Crippen molar-refractivity contribution in [2.45, 2.75) is 46.1 Å². The van der Waals surface area contributed by atoms with Crippen molar-refractivity contribution in [2.24, 2.45) is 7.05 Å². The molecule has 1 heterocycles. The van der Waals surface area contributed by atoms with E-state index in [-0.39, 0.29) is 24.1 Å². The molecule has 118 valence electrons. The zero-order valence-electron chi connectivity index (χ0n) is 12.9. The van der Waals surface area contributed by atoms with Gasteiger partial charge in [-0.2, -0.15) is 5.10 Å². The number of rotatable bonds is 8. The largest absolute Gasteiger partial charge is 0.480 e. The molecule has 0 saturated heterocycles. The lowest BCUT2D eigenvalue weighted by molar-refractivity contribution is -0.384. The van der Waals surface area contributed by atoms with Crippen molar-refractivity contribution in [1.29, 1.82) is 0 Å². The van der Waals surface area contributed by atoms with Crippen LogP contribution >= 0.6 is 0 Å². The fourth-order valence-corrected chi connectivity index (χ4v) is 2.28. The molecule has 0 aliphatic heterocycles. The number of aromatic nitrogens is 2. The SMILES string of the molecule is CCCc1nn(C)c(N(CC(=O)O)C(C)CC)c1[N+](=O)[O-]. The quantitative estimate of drug-likeness (QED) is 0.581. The highest BCUT2D eigenvalue weighted by Crippen LogP contribution is 2.33. The van der Waals surface area contributed by atoms with Crippen LogP contribution in [0.3, 0.4) is 0 Å². The Morgan fingerprint density at radius 3 is 2.57 bits per heavy atom. The third kappa shape index (κ3) is 3.71. The normalized spacial score (nSPS) is 12.2. The van der Waals surface area contributed by atoms with Crippen LogP contribution in [0.5, 0.6) is 0 Å². The number of anilines is 1. The summed E-state index contributed by atoms with van der Waals surface area (Å²) in [5, 5.41) is 24.7. The van der Waals surface area contributed by atoms with Crippen molar-refractivity contribution in [2.75, 3.05) is 11.4 Å². The minimum atomic E-state index is -1.03. The number of carbonyl (C=O) groups is 1. The Balaban J connectivity index is 3.41. The second-order valence-electron chi connectivity index (χ2n) is 5.03. The van der Waals surface area contributed by atoms with E-state index in [4.69, 9.17) is 5.11 Å². The summed E-state index contributed by atoms with van der Waals surface area (Å²) in [7, 11) is 1.61. The van der Waals surface area contributed by atoms with Gasteiger partial charge in [0, 0.05) is 13.1 Å². The van der Waals surface area contributed by atoms with Crippen molar-refractivity contribution < 1.29 is 14.8 Å². The van der Waals surface area contributed by atoms with Gasteiger partial charge >= 0.3 is 11.7 Å². The second-order valence-corrected chi connectivity index (χ2v) is 5.03. The van der Waals surface area contributed by atoms with Crippen LogP contribution in [-0.4, -0.2) is 38.4 Å². The van der Waals surface area contributed by atoms with Crippen LogP contribution in [-0.2, 0) is 18.3 Å². The number of hydrogen-bond donors (Lipinski definition) is 1. The third-order valence-corrected chi connectivity index (χ3v) is 3.43. The first kappa shape index (κ1) is 16.9. The Kier molecular flexibility index (Phi) is 5.69. The van der Waals surface area contributed by atoms with Crippen LogP contribution in [0.25, 0.3) is 0 Å². The number of nitrogens with zero attached hydrogens (tertiary/aromatic N) is 4. The summed E-state index contributed by atoms with van der Waals surface area (Å²) in [6.07, 6.45) is 1.91. The van der Waals surface area contributed by atoms with E-state index in [1.807, 2.05) is 20.8 Å². The van der Waals surface area contributed by atoms with E-state index in [0.717, 1.165) is 6.42 Å². The summed E-state index contributed by atoms with van der Waals surface area (Å²) in [5.41, 5.74) is 0.319. The maximum absolute atomic E-state index is 11.4. The zero-order valence-corrected chi connectivity index (χ0v) is 12.9. The lowest BCUT2D eigenvalue weighted by Crippen LogP contribution is -2.38. The Morgan fingerprint density at radius 2 is 2.14 bits per heavy atom. The van der Waals surface area contributed by atoms with Crippen molar-refractivity contribution in [1.82, 2.24) is 9.78 Å². The molecule has 0 saturated carbocycles. The zero-order chi connectivity index (χ0) is 16.2. The fourth-order valence-electron chi connectivity index (χ4n) is 2.28. The molecule has 1 atom stereocenters. The summed E-state index contributed by atoms with van der Waals surface area (Å²) < 4.78 is 1.41. The third-order valence-electron chi connectivity index (χ3n) is 3.43. The lowest BCUT2D eigenvalue weighted by atomic mass is 10.2. The fraction of sp³-hybridized carbons (Fsp3) is 0.692. The monoisotopic (exact) mass is 298 g/mol. The highest BCUT2D eigenvalue weighted by atomic mass is 16.6. The van der Waals surface area contributed by atoms with E-state index in [2.05, 4.69) is 5.10 Å². The second kappa shape index (κ2) is 7.05. The van der Waals surface area contributed by atoms with Crippen molar-refractivity contribution >= 4 is 17.5 Å². The summed E-state index contributed by atoms with van der Waals surface area (Å²) in [6.45, 7) is 5.39. The van der Waals surface area contributed by atoms with Crippen LogP contribution < -0.4 is 4.90 Å².